The standard InChI is InChI=1S/C28H27N5O5/c1-3-37-23(34)15-16-33(20-7-5-4-6-8-20)28(36)38-22-14-13-21-24(17(22)2)32-27(31-21)25(35)18-9-11-19(12-10-18)26(29)30/h4-14H,3,15-16H2,1-2H3,(H3,29,30)(H,31,32). The van der Waals surface area contributed by atoms with Gasteiger partial charge in [-0.15, -0.1) is 0 Å². The van der Waals surface area contributed by atoms with Crippen LogP contribution in [0.2, 0.25) is 0 Å². The molecule has 0 radical (unpaired) electrons. The van der Waals surface area contributed by atoms with Crippen LogP contribution in [0, 0.1) is 12.3 Å². The minimum absolute atomic E-state index is 0.00802. The number of H-pyrrole nitrogens is 1. The van der Waals surface area contributed by atoms with Gasteiger partial charge in [-0.2, -0.15) is 0 Å². The van der Waals surface area contributed by atoms with Crippen LogP contribution in [0.15, 0.2) is 66.7 Å². The van der Waals surface area contributed by atoms with Gasteiger partial charge in [0.2, 0.25) is 5.78 Å². The molecule has 10 nitrogen and oxygen atoms in total. The Balaban J connectivity index is 1.57. The average molecular weight is 514 g/mol. The maximum atomic E-state index is 13.2. The number of ether oxygens (including phenoxy) is 2. The van der Waals surface area contributed by atoms with Crippen LogP contribution in [-0.4, -0.2) is 46.8 Å². The van der Waals surface area contributed by atoms with E-state index in [0.29, 0.717) is 33.4 Å². The van der Waals surface area contributed by atoms with Crippen LogP contribution in [0.4, 0.5) is 10.5 Å². The molecule has 0 spiro atoms. The summed E-state index contributed by atoms with van der Waals surface area (Å²) in [5, 5.41) is 7.49. The fourth-order valence-corrected chi connectivity index (χ4v) is 3.87. The normalized spacial score (nSPS) is 10.7. The van der Waals surface area contributed by atoms with E-state index in [0.717, 1.165) is 0 Å². The van der Waals surface area contributed by atoms with Gasteiger partial charge in [0.05, 0.1) is 24.1 Å². The summed E-state index contributed by atoms with van der Waals surface area (Å²) >= 11 is 0. The maximum Gasteiger partial charge on any atom is 0.419 e. The van der Waals surface area contributed by atoms with Gasteiger partial charge in [-0.25, -0.2) is 9.78 Å². The molecule has 0 bridgehead atoms. The number of rotatable bonds is 9. The third-order valence-corrected chi connectivity index (χ3v) is 5.86. The quantitative estimate of drug-likeness (QED) is 0.130. The molecule has 194 valence electrons. The highest BCUT2D eigenvalue weighted by Crippen LogP contribution is 2.28. The van der Waals surface area contributed by atoms with E-state index in [1.54, 1.807) is 74.5 Å². The van der Waals surface area contributed by atoms with Crippen LogP contribution < -0.4 is 15.4 Å². The number of aromatic amines is 1. The third-order valence-electron chi connectivity index (χ3n) is 5.86. The number of ketones is 1. The molecule has 3 aromatic carbocycles. The molecule has 4 N–H and O–H groups in total. The first-order valence-electron chi connectivity index (χ1n) is 12.0. The smallest absolute Gasteiger partial charge is 0.419 e. The highest BCUT2D eigenvalue weighted by molar-refractivity contribution is 6.08. The molecule has 0 atom stereocenters. The van der Waals surface area contributed by atoms with Crippen LogP contribution in [-0.2, 0) is 9.53 Å². The van der Waals surface area contributed by atoms with Gasteiger partial charge in [0.25, 0.3) is 0 Å². The number of nitrogen functional groups attached to an aromatic ring is 1. The van der Waals surface area contributed by atoms with E-state index in [1.165, 1.54) is 4.90 Å². The zero-order valence-corrected chi connectivity index (χ0v) is 21.0. The van der Waals surface area contributed by atoms with Crippen LogP contribution in [0.1, 0.15) is 40.7 Å². The number of aryl methyl sites for hydroxylation is 1. The largest absolute Gasteiger partial charge is 0.466 e. The van der Waals surface area contributed by atoms with Gasteiger partial charge in [0.1, 0.15) is 11.6 Å². The number of benzene rings is 3. The molecule has 38 heavy (non-hydrogen) atoms. The second-order valence-corrected chi connectivity index (χ2v) is 8.40. The lowest BCUT2D eigenvalue weighted by Gasteiger charge is -2.22. The predicted molar refractivity (Wildman–Crippen MR) is 143 cm³/mol. The predicted octanol–water partition coefficient (Wildman–Crippen LogP) is 4.34. The molecule has 0 aliphatic rings. The first-order valence-corrected chi connectivity index (χ1v) is 12.0. The lowest BCUT2D eigenvalue weighted by Crippen LogP contribution is -2.35. The number of nitrogens with zero attached hydrogens (tertiary/aromatic N) is 2. The minimum atomic E-state index is -0.666. The van der Waals surface area contributed by atoms with Crippen molar-refractivity contribution in [3.63, 3.8) is 0 Å². The molecule has 0 unspecified atom stereocenters. The second kappa shape index (κ2) is 11.4. The van der Waals surface area contributed by atoms with Crippen molar-refractivity contribution in [3.05, 3.63) is 89.2 Å². The summed E-state index contributed by atoms with van der Waals surface area (Å²) in [6.07, 6.45) is -0.658. The van der Waals surface area contributed by atoms with Crippen molar-refractivity contribution in [2.24, 2.45) is 5.73 Å². The number of aromatic nitrogens is 2. The molecule has 10 heteroatoms. The topological polar surface area (TPSA) is 151 Å². The van der Waals surface area contributed by atoms with Crippen LogP contribution in [0.5, 0.6) is 5.75 Å². The second-order valence-electron chi connectivity index (χ2n) is 8.40. The molecule has 0 aliphatic heterocycles. The summed E-state index contributed by atoms with van der Waals surface area (Å²) in [5.74, 6) is -0.428. The fourth-order valence-electron chi connectivity index (χ4n) is 3.87. The average Bonchev–Trinajstić information content (AvgIpc) is 3.36. The molecule has 0 aliphatic carbocycles. The van der Waals surface area contributed by atoms with Crippen molar-refractivity contribution < 1.29 is 23.9 Å². The molecule has 0 fully saturated rings. The molecule has 1 amide bonds. The van der Waals surface area contributed by atoms with E-state index in [2.05, 4.69) is 9.97 Å². The first-order chi connectivity index (χ1) is 18.3. The van der Waals surface area contributed by atoms with Crippen molar-refractivity contribution in [2.45, 2.75) is 20.3 Å². The van der Waals surface area contributed by atoms with Crippen molar-refractivity contribution in [2.75, 3.05) is 18.1 Å². The molecule has 1 aromatic heterocycles. The number of amides is 1. The van der Waals surface area contributed by atoms with E-state index < -0.39 is 12.1 Å². The number of hydrogen-bond acceptors (Lipinski definition) is 7. The summed E-state index contributed by atoms with van der Waals surface area (Å²) in [6, 6.07) is 18.6. The molecule has 0 saturated carbocycles. The Labute approximate surface area is 218 Å². The third kappa shape index (κ3) is 5.70. The maximum absolute atomic E-state index is 13.2. The number of fused-ring (bicyclic) bond motifs is 1. The molecule has 1 heterocycles. The summed E-state index contributed by atoms with van der Waals surface area (Å²) in [6.45, 7) is 3.80. The number of anilines is 1. The Bertz CT molecular complexity index is 1500. The monoisotopic (exact) mass is 513 g/mol. The summed E-state index contributed by atoms with van der Waals surface area (Å²) < 4.78 is 10.7. The Kier molecular flexibility index (Phi) is 7.81. The van der Waals surface area contributed by atoms with E-state index >= 15 is 0 Å². The Morgan fingerprint density at radius 3 is 2.34 bits per heavy atom. The number of amidine groups is 1. The number of carbonyl (C=O) groups excluding carboxylic acids is 3. The molecule has 0 saturated heterocycles. The molecule has 4 rings (SSSR count). The number of nitrogens with one attached hydrogen (secondary N) is 2. The van der Waals surface area contributed by atoms with Gasteiger partial charge >= 0.3 is 12.1 Å². The Morgan fingerprint density at radius 1 is 1.00 bits per heavy atom. The summed E-state index contributed by atoms with van der Waals surface area (Å²) in [4.78, 5) is 46.9. The van der Waals surface area contributed by atoms with E-state index in [4.69, 9.17) is 20.6 Å². The van der Waals surface area contributed by atoms with Gasteiger partial charge < -0.3 is 20.2 Å². The lowest BCUT2D eigenvalue weighted by atomic mass is 10.1. The van der Waals surface area contributed by atoms with Gasteiger partial charge in [0.15, 0.2) is 5.82 Å². The van der Waals surface area contributed by atoms with E-state index in [9.17, 15) is 14.4 Å². The Hall–Kier alpha value is -4.99. The number of imidazole rings is 1. The molecular formula is C28H27N5O5. The fraction of sp³-hybridized carbons (Fsp3) is 0.179. The van der Waals surface area contributed by atoms with Crippen molar-refractivity contribution in [1.82, 2.24) is 9.97 Å². The first kappa shape index (κ1) is 26.1. The highest BCUT2D eigenvalue weighted by atomic mass is 16.6. The highest BCUT2D eigenvalue weighted by Gasteiger charge is 2.22. The van der Waals surface area contributed by atoms with Crippen molar-refractivity contribution in [1.29, 1.82) is 5.41 Å². The van der Waals surface area contributed by atoms with Crippen LogP contribution >= 0.6 is 0 Å². The number of carbonyl (C=O) groups is 3. The van der Waals surface area contributed by atoms with E-state index in [1.807, 2.05) is 6.07 Å². The molecule has 4 aromatic rings. The zero-order valence-electron chi connectivity index (χ0n) is 21.0. The Morgan fingerprint density at radius 2 is 1.68 bits per heavy atom. The summed E-state index contributed by atoms with van der Waals surface area (Å²) in [7, 11) is 0. The minimum Gasteiger partial charge on any atom is -0.466 e. The number of esters is 1. The molecular weight excluding hydrogens is 486 g/mol. The zero-order chi connectivity index (χ0) is 27.2. The van der Waals surface area contributed by atoms with Gasteiger partial charge in [-0.1, -0.05) is 42.5 Å². The lowest BCUT2D eigenvalue weighted by molar-refractivity contribution is -0.142. The van der Waals surface area contributed by atoms with Gasteiger partial charge in [0, 0.05) is 28.9 Å². The number of para-hydroxylation sites is 1. The van der Waals surface area contributed by atoms with E-state index in [-0.39, 0.29) is 42.8 Å². The SMILES string of the molecule is CCOC(=O)CCN(C(=O)Oc1ccc2[nH]c(C(=O)c3ccc(C(=N)N)cc3)nc2c1C)c1ccccc1. The van der Waals surface area contributed by atoms with Crippen molar-refractivity contribution >= 4 is 40.4 Å². The number of hydrogen-bond donors (Lipinski definition) is 3. The van der Waals surface area contributed by atoms with Crippen molar-refractivity contribution in [3.8, 4) is 5.75 Å². The van der Waals surface area contributed by atoms with Crippen LogP contribution in [0.3, 0.4) is 0 Å². The number of nitrogens with two attached hydrogens (primary N) is 1. The van der Waals surface area contributed by atoms with Gasteiger partial charge in [-0.05, 0) is 38.1 Å². The summed E-state index contributed by atoms with van der Waals surface area (Å²) in [5.41, 5.74) is 8.61. The van der Waals surface area contributed by atoms with Gasteiger partial charge in [-0.3, -0.25) is 19.9 Å². The van der Waals surface area contributed by atoms with Crippen LogP contribution in [0.25, 0.3) is 11.0 Å².